The largest absolute Gasteiger partial charge is 0.388 e. The van der Waals surface area contributed by atoms with Gasteiger partial charge in [-0.25, -0.2) is 0 Å². The maximum atomic E-state index is 9.37. The fourth-order valence-corrected chi connectivity index (χ4v) is 1.26. The van der Waals surface area contributed by atoms with E-state index in [-0.39, 0.29) is 32.7 Å². The standard InChI is InChI=1S/C10H12O.Y/c1-4-9-6-10(11)8(3)5-7(9)2;/h1,10-11H,3,5-6H2,2H3;/t10-;/m1./s1. The van der Waals surface area contributed by atoms with Crippen LogP contribution in [-0.2, 0) is 32.7 Å². The zero-order valence-electron chi connectivity index (χ0n) is 7.30. The van der Waals surface area contributed by atoms with Gasteiger partial charge >= 0.3 is 0 Å². The molecule has 0 fully saturated rings. The monoisotopic (exact) mass is 237 g/mol. The number of aliphatic hydroxyl groups excluding tert-OH is 1. The second-order valence-corrected chi connectivity index (χ2v) is 2.96. The third-order valence-corrected chi connectivity index (χ3v) is 2.05. The summed E-state index contributed by atoms with van der Waals surface area (Å²) in [5.74, 6) is 2.58. The first-order valence-corrected chi connectivity index (χ1v) is 3.66. The van der Waals surface area contributed by atoms with E-state index in [1.54, 1.807) is 0 Å². The molecule has 61 valence electrons. The second kappa shape index (κ2) is 4.97. The minimum Gasteiger partial charge on any atom is -0.388 e. The van der Waals surface area contributed by atoms with Crippen LogP contribution in [0.5, 0.6) is 0 Å². The van der Waals surface area contributed by atoms with Crippen molar-refractivity contribution in [3.05, 3.63) is 23.3 Å². The molecule has 1 radical (unpaired) electrons. The Hall–Kier alpha value is 0.104. The van der Waals surface area contributed by atoms with E-state index >= 15 is 0 Å². The van der Waals surface area contributed by atoms with Crippen LogP contribution < -0.4 is 0 Å². The van der Waals surface area contributed by atoms with E-state index in [0.717, 1.165) is 17.6 Å². The van der Waals surface area contributed by atoms with Gasteiger partial charge in [0.05, 0.1) is 6.10 Å². The summed E-state index contributed by atoms with van der Waals surface area (Å²) in [5.41, 5.74) is 2.98. The van der Waals surface area contributed by atoms with Crippen molar-refractivity contribution in [1.29, 1.82) is 0 Å². The molecule has 0 aromatic rings. The predicted octanol–water partition coefficient (Wildman–Crippen LogP) is 1.64. The van der Waals surface area contributed by atoms with Gasteiger partial charge in [-0.3, -0.25) is 0 Å². The molecule has 1 atom stereocenters. The van der Waals surface area contributed by atoms with E-state index in [1.165, 1.54) is 5.57 Å². The van der Waals surface area contributed by atoms with Crippen molar-refractivity contribution in [3.8, 4) is 12.3 Å². The van der Waals surface area contributed by atoms with Crippen molar-refractivity contribution in [3.63, 3.8) is 0 Å². The van der Waals surface area contributed by atoms with Gasteiger partial charge in [0.2, 0.25) is 0 Å². The van der Waals surface area contributed by atoms with Gasteiger partial charge in [0, 0.05) is 44.7 Å². The minimum absolute atomic E-state index is 0. The fourth-order valence-electron chi connectivity index (χ4n) is 1.26. The molecule has 0 aromatic heterocycles. The Morgan fingerprint density at radius 1 is 1.67 bits per heavy atom. The van der Waals surface area contributed by atoms with Crippen molar-refractivity contribution >= 4 is 0 Å². The van der Waals surface area contributed by atoms with Crippen LogP contribution in [0.3, 0.4) is 0 Å². The molecule has 0 amide bonds. The smallest absolute Gasteiger partial charge is 0.0797 e. The van der Waals surface area contributed by atoms with Crippen LogP contribution in [0.2, 0.25) is 0 Å². The Balaban J connectivity index is 0.00000121. The Morgan fingerprint density at radius 2 is 2.25 bits per heavy atom. The summed E-state index contributed by atoms with van der Waals surface area (Å²) in [6.07, 6.45) is 6.15. The van der Waals surface area contributed by atoms with Gasteiger partial charge < -0.3 is 5.11 Å². The van der Waals surface area contributed by atoms with Gasteiger partial charge in [0.15, 0.2) is 0 Å². The summed E-state index contributed by atoms with van der Waals surface area (Å²) in [6, 6.07) is 0. The molecule has 0 bridgehead atoms. The van der Waals surface area contributed by atoms with E-state index < -0.39 is 6.10 Å². The average Bonchev–Trinajstić information content (AvgIpc) is 1.97. The first-order chi connectivity index (χ1) is 5.15. The summed E-state index contributed by atoms with van der Waals surface area (Å²) in [4.78, 5) is 0. The molecule has 0 spiro atoms. The van der Waals surface area contributed by atoms with Crippen molar-refractivity contribution in [2.75, 3.05) is 0 Å². The number of allylic oxidation sites excluding steroid dienone is 1. The van der Waals surface area contributed by atoms with Crippen LogP contribution in [0.25, 0.3) is 0 Å². The van der Waals surface area contributed by atoms with E-state index in [2.05, 4.69) is 12.5 Å². The Morgan fingerprint density at radius 3 is 2.75 bits per heavy atom. The molecular formula is C10H12OY. The molecule has 1 rings (SSSR count). The first-order valence-electron chi connectivity index (χ1n) is 3.66. The molecule has 0 heterocycles. The number of aliphatic hydroxyl groups is 1. The Labute approximate surface area is 98.8 Å². The van der Waals surface area contributed by atoms with Crippen LogP contribution in [0.1, 0.15) is 19.8 Å². The molecule has 0 saturated heterocycles. The van der Waals surface area contributed by atoms with Crippen LogP contribution in [0.4, 0.5) is 0 Å². The summed E-state index contributed by atoms with van der Waals surface area (Å²) >= 11 is 0. The SMILES string of the molecule is C#CC1=C(C)CC(=C)[C@H](O)C1.[Y]. The zero-order valence-corrected chi connectivity index (χ0v) is 10.1. The molecule has 0 unspecified atom stereocenters. The Bertz CT molecular complexity index is 258. The summed E-state index contributed by atoms with van der Waals surface area (Å²) in [6.45, 7) is 5.75. The van der Waals surface area contributed by atoms with Crippen LogP contribution in [0, 0.1) is 12.3 Å². The molecule has 1 aliphatic carbocycles. The third-order valence-electron chi connectivity index (χ3n) is 2.05. The number of rotatable bonds is 0. The van der Waals surface area contributed by atoms with Gasteiger partial charge in [0.25, 0.3) is 0 Å². The van der Waals surface area contributed by atoms with Crippen molar-refractivity contribution in [1.82, 2.24) is 0 Å². The van der Waals surface area contributed by atoms with E-state index in [0.29, 0.717) is 6.42 Å². The predicted molar refractivity (Wildman–Crippen MR) is 45.9 cm³/mol. The van der Waals surface area contributed by atoms with E-state index in [9.17, 15) is 5.11 Å². The van der Waals surface area contributed by atoms with Crippen LogP contribution in [0.15, 0.2) is 23.3 Å². The quantitative estimate of drug-likeness (QED) is 0.501. The second-order valence-electron chi connectivity index (χ2n) is 2.96. The van der Waals surface area contributed by atoms with Gasteiger partial charge in [-0.1, -0.05) is 18.1 Å². The third kappa shape index (κ3) is 2.56. The first kappa shape index (κ1) is 12.1. The van der Waals surface area contributed by atoms with Crippen molar-refractivity contribution in [2.45, 2.75) is 25.9 Å². The van der Waals surface area contributed by atoms with E-state index in [1.807, 2.05) is 6.92 Å². The molecule has 12 heavy (non-hydrogen) atoms. The van der Waals surface area contributed by atoms with Gasteiger partial charge in [-0.2, -0.15) is 0 Å². The maximum Gasteiger partial charge on any atom is 0.0797 e. The molecule has 2 heteroatoms. The molecular weight excluding hydrogens is 225 g/mol. The fraction of sp³-hybridized carbons (Fsp3) is 0.400. The van der Waals surface area contributed by atoms with Crippen LogP contribution >= 0.6 is 0 Å². The Kier molecular flexibility index (Phi) is 5.01. The summed E-state index contributed by atoms with van der Waals surface area (Å²) in [5, 5.41) is 9.37. The molecule has 0 saturated carbocycles. The number of terminal acetylenes is 1. The maximum absolute atomic E-state index is 9.37. The molecule has 0 aromatic carbocycles. The van der Waals surface area contributed by atoms with Crippen molar-refractivity contribution < 1.29 is 37.8 Å². The van der Waals surface area contributed by atoms with E-state index in [4.69, 9.17) is 6.42 Å². The molecule has 1 nitrogen and oxygen atoms in total. The minimum atomic E-state index is -0.426. The zero-order chi connectivity index (χ0) is 8.43. The molecule has 0 aliphatic heterocycles. The normalized spacial score (nSPS) is 23.1. The van der Waals surface area contributed by atoms with Gasteiger partial charge in [-0.05, 0) is 18.9 Å². The molecule has 1 aliphatic rings. The van der Waals surface area contributed by atoms with Crippen LogP contribution in [-0.4, -0.2) is 11.2 Å². The summed E-state index contributed by atoms with van der Waals surface area (Å²) in [7, 11) is 0. The van der Waals surface area contributed by atoms with Gasteiger partial charge in [0.1, 0.15) is 0 Å². The van der Waals surface area contributed by atoms with Crippen molar-refractivity contribution in [2.24, 2.45) is 0 Å². The number of hydrogen-bond acceptors (Lipinski definition) is 1. The summed E-state index contributed by atoms with van der Waals surface area (Å²) < 4.78 is 0. The topological polar surface area (TPSA) is 20.2 Å². The number of hydrogen-bond donors (Lipinski definition) is 1. The molecule has 1 N–H and O–H groups in total. The van der Waals surface area contributed by atoms with Gasteiger partial charge in [-0.15, -0.1) is 6.42 Å². The average molecular weight is 237 g/mol.